The third kappa shape index (κ3) is 4.99. The summed E-state index contributed by atoms with van der Waals surface area (Å²) in [6, 6.07) is 13.3. The molecule has 2 aromatic carbocycles. The largest absolute Gasteiger partial charge is 0.493 e. The van der Waals surface area contributed by atoms with Crippen LogP contribution in [0.15, 0.2) is 42.5 Å². The highest BCUT2D eigenvalue weighted by atomic mass is 16.5. The summed E-state index contributed by atoms with van der Waals surface area (Å²) in [5, 5.41) is 5.75. The zero-order valence-corrected chi connectivity index (χ0v) is 16.9. The fraction of sp³-hybridized carbons (Fsp3) is 0.364. The summed E-state index contributed by atoms with van der Waals surface area (Å²) >= 11 is 0. The maximum Gasteiger partial charge on any atom is 0.228 e. The fourth-order valence-corrected chi connectivity index (χ4v) is 3.27. The Morgan fingerprint density at radius 1 is 0.931 bits per heavy atom. The quantitative estimate of drug-likeness (QED) is 0.678. The first-order chi connectivity index (χ1) is 14.1. The molecule has 2 unspecified atom stereocenters. The number of nitrogens with one attached hydrogen (secondary N) is 2. The van der Waals surface area contributed by atoms with Crippen LogP contribution in [0.4, 0.5) is 5.69 Å². The third-order valence-electron chi connectivity index (χ3n) is 4.95. The van der Waals surface area contributed by atoms with Crippen LogP contribution in [-0.2, 0) is 16.0 Å². The Hall–Kier alpha value is -3.22. The average Bonchev–Trinajstić information content (AvgIpc) is 3.55. The summed E-state index contributed by atoms with van der Waals surface area (Å²) in [5.41, 5.74) is 1.69. The van der Waals surface area contributed by atoms with Crippen molar-refractivity contribution in [3.63, 3.8) is 0 Å². The molecule has 1 saturated carbocycles. The second-order valence-corrected chi connectivity index (χ2v) is 6.88. The van der Waals surface area contributed by atoms with Gasteiger partial charge in [-0.15, -0.1) is 0 Å². The number of carbonyl (C=O) groups excluding carboxylic acids is 2. The van der Waals surface area contributed by atoms with Gasteiger partial charge in [0.1, 0.15) is 0 Å². The Morgan fingerprint density at radius 3 is 2.14 bits per heavy atom. The van der Waals surface area contributed by atoms with Crippen LogP contribution in [0.2, 0.25) is 0 Å². The van der Waals surface area contributed by atoms with Gasteiger partial charge in [0.05, 0.1) is 33.2 Å². The highest BCUT2D eigenvalue weighted by Crippen LogP contribution is 2.42. The predicted octanol–water partition coefficient (Wildman–Crippen LogP) is 2.65. The van der Waals surface area contributed by atoms with Crippen molar-refractivity contribution in [3.05, 3.63) is 48.0 Å². The molecule has 2 N–H and O–H groups in total. The zero-order valence-electron chi connectivity index (χ0n) is 16.9. The van der Waals surface area contributed by atoms with Gasteiger partial charge in [0.25, 0.3) is 0 Å². The van der Waals surface area contributed by atoms with E-state index in [9.17, 15) is 9.59 Å². The van der Waals surface area contributed by atoms with Gasteiger partial charge in [-0.3, -0.25) is 9.59 Å². The van der Waals surface area contributed by atoms with Gasteiger partial charge in [0.15, 0.2) is 11.5 Å². The highest BCUT2D eigenvalue weighted by molar-refractivity contribution is 5.99. The van der Waals surface area contributed by atoms with Gasteiger partial charge in [0, 0.05) is 24.4 Å². The van der Waals surface area contributed by atoms with Gasteiger partial charge < -0.3 is 24.8 Å². The number of hydrogen-bond donors (Lipinski definition) is 2. The van der Waals surface area contributed by atoms with E-state index in [1.165, 1.54) is 26.9 Å². The van der Waals surface area contributed by atoms with Crippen LogP contribution in [0, 0.1) is 11.8 Å². The molecule has 0 heterocycles. The minimum Gasteiger partial charge on any atom is -0.493 e. The number of hydrogen-bond acceptors (Lipinski definition) is 5. The lowest BCUT2D eigenvalue weighted by molar-refractivity contribution is -0.125. The molecule has 7 heteroatoms. The van der Waals surface area contributed by atoms with E-state index in [0.717, 1.165) is 6.42 Å². The second-order valence-electron chi connectivity index (χ2n) is 6.88. The van der Waals surface area contributed by atoms with Gasteiger partial charge in [-0.1, -0.05) is 30.3 Å². The second kappa shape index (κ2) is 9.32. The van der Waals surface area contributed by atoms with Crippen LogP contribution >= 0.6 is 0 Å². The van der Waals surface area contributed by atoms with Crippen molar-refractivity contribution >= 4 is 17.5 Å². The predicted molar refractivity (Wildman–Crippen MR) is 109 cm³/mol. The molecule has 3 rings (SSSR count). The fourth-order valence-electron chi connectivity index (χ4n) is 3.27. The molecule has 0 saturated heterocycles. The van der Waals surface area contributed by atoms with E-state index < -0.39 is 0 Å². The number of amides is 2. The number of carbonyl (C=O) groups is 2. The van der Waals surface area contributed by atoms with Crippen molar-refractivity contribution in [2.75, 3.05) is 33.2 Å². The Labute approximate surface area is 170 Å². The van der Waals surface area contributed by atoms with Crippen molar-refractivity contribution in [1.29, 1.82) is 0 Å². The summed E-state index contributed by atoms with van der Waals surface area (Å²) in [6.45, 7) is 0.556. The first-order valence-corrected chi connectivity index (χ1v) is 9.50. The lowest BCUT2D eigenvalue weighted by atomic mass is 10.1. The molecular weight excluding hydrogens is 372 g/mol. The molecule has 2 aromatic rings. The van der Waals surface area contributed by atoms with Gasteiger partial charge in [0.2, 0.25) is 17.6 Å². The number of anilines is 1. The maximum atomic E-state index is 12.5. The summed E-state index contributed by atoms with van der Waals surface area (Å²) in [4.78, 5) is 24.8. The van der Waals surface area contributed by atoms with Crippen molar-refractivity contribution in [2.45, 2.75) is 12.8 Å². The Morgan fingerprint density at radius 2 is 1.55 bits per heavy atom. The summed E-state index contributed by atoms with van der Waals surface area (Å²) in [7, 11) is 4.54. The molecule has 154 valence electrons. The SMILES string of the molecule is COc1cc(NC(=O)C2CC2C(=O)NCCc2ccccc2)cc(OC)c1OC. The molecule has 2 amide bonds. The minimum absolute atomic E-state index is 0.0778. The summed E-state index contributed by atoms with van der Waals surface area (Å²) in [5.74, 6) is 0.475. The average molecular weight is 398 g/mol. The summed E-state index contributed by atoms with van der Waals surface area (Å²) < 4.78 is 15.9. The monoisotopic (exact) mass is 398 g/mol. The molecule has 0 aromatic heterocycles. The molecule has 29 heavy (non-hydrogen) atoms. The van der Waals surface area contributed by atoms with Crippen molar-refractivity contribution in [3.8, 4) is 17.2 Å². The number of benzene rings is 2. The number of methoxy groups -OCH3 is 3. The highest BCUT2D eigenvalue weighted by Gasteiger charge is 2.47. The van der Waals surface area contributed by atoms with E-state index in [2.05, 4.69) is 10.6 Å². The molecule has 1 aliphatic rings. The molecule has 1 fully saturated rings. The van der Waals surface area contributed by atoms with E-state index in [0.29, 0.717) is 35.9 Å². The smallest absolute Gasteiger partial charge is 0.228 e. The van der Waals surface area contributed by atoms with Gasteiger partial charge in [-0.2, -0.15) is 0 Å². The standard InChI is InChI=1S/C22H26N2O5/c1-27-18-11-15(12-19(28-2)20(18)29-3)24-22(26)17-13-16(17)21(25)23-10-9-14-7-5-4-6-8-14/h4-8,11-12,16-17H,9-10,13H2,1-3H3,(H,23,25)(H,24,26). The minimum atomic E-state index is -0.328. The first-order valence-electron chi connectivity index (χ1n) is 9.50. The Balaban J connectivity index is 1.52. The van der Waals surface area contributed by atoms with Gasteiger partial charge >= 0.3 is 0 Å². The molecule has 2 atom stereocenters. The van der Waals surface area contributed by atoms with Crippen molar-refractivity contribution in [2.24, 2.45) is 11.8 Å². The van der Waals surface area contributed by atoms with E-state index >= 15 is 0 Å². The van der Waals surface area contributed by atoms with Gasteiger partial charge in [-0.25, -0.2) is 0 Å². The summed E-state index contributed by atoms with van der Waals surface area (Å²) in [6.07, 6.45) is 1.31. The van der Waals surface area contributed by atoms with E-state index in [4.69, 9.17) is 14.2 Å². The van der Waals surface area contributed by atoms with Crippen LogP contribution in [-0.4, -0.2) is 39.7 Å². The third-order valence-corrected chi connectivity index (χ3v) is 4.95. The van der Waals surface area contributed by atoms with Crippen LogP contribution in [0.5, 0.6) is 17.2 Å². The molecule has 0 radical (unpaired) electrons. The lowest BCUT2D eigenvalue weighted by Gasteiger charge is -2.14. The van der Waals surface area contributed by atoms with Crippen LogP contribution < -0.4 is 24.8 Å². The molecule has 0 bridgehead atoms. The van der Waals surface area contributed by atoms with Crippen molar-refractivity contribution < 1.29 is 23.8 Å². The maximum absolute atomic E-state index is 12.5. The molecule has 0 spiro atoms. The van der Waals surface area contributed by atoms with Crippen LogP contribution in [0.25, 0.3) is 0 Å². The van der Waals surface area contributed by atoms with Crippen LogP contribution in [0.3, 0.4) is 0 Å². The Kier molecular flexibility index (Phi) is 6.59. The zero-order chi connectivity index (χ0) is 20.8. The van der Waals surface area contributed by atoms with Gasteiger partial charge in [-0.05, 0) is 18.4 Å². The number of rotatable bonds is 9. The molecule has 1 aliphatic carbocycles. The van der Waals surface area contributed by atoms with E-state index in [-0.39, 0.29) is 23.7 Å². The number of ether oxygens (including phenoxy) is 3. The molecule has 7 nitrogen and oxygen atoms in total. The van der Waals surface area contributed by atoms with Crippen LogP contribution in [0.1, 0.15) is 12.0 Å². The van der Waals surface area contributed by atoms with Crippen molar-refractivity contribution in [1.82, 2.24) is 5.32 Å². The Bertz CT molecular complexity index is 844. The lowest BCUT2D eigenvalue weighted by Crippen LogP contribution is -2.29. The van der Waals surface area contributed by atoms with E-state index in [1.54, 1.807) is 12.1 Å². The normalized spacial score (nSPS) is 17.2. The first kappa shape index (κ1) is 20.5. The van der Waals surface area contributed by atoms with E-state index in [1.807, 2.05) is 30.3 Å². The topological polar surface area (TPSA) is 85.9 Å². The molecular formula is C22H26N2O5. The molecule has 0 aliphatic heterocycles.